The second-order valence-corrected chi connectivity index (χ2v) is 5.25. The van der Waals surface area contributed by atoms with Gasteiger partial charge in [-0.15, -0.1) is 0 Å². The zero-order chi connectivity index (χ0) is 14.0. The van der Waals surface area contributed by atoms with Gasteiger partial charge in [0.25, 0.3) is 5.91 Å². The quantitative estimate of drug-likeness (QED) is 0.838. The predicted octanol–water partition coefficient (Wildman–Crippen LogP) is 3.76. The Kier molecular flexibility index (Phi) is 4.06. The summed E-state index contributed by atoms with van der Waals surface area (Å²) in [6, 6.07) is 7.62. The van der Waals surface area contributed by atoms with Crippen LogP contribution in [0.3, 0.4) is 0 Å². The summed E-state index contributed by atoms with van der Waals surface area (Å²) in [4.78, 5) is 22.9. The molecule has 0 aliphatic carbocycles. The molecule has 2 N–H and O–H groups in total. The molecular formula is C12H7Br2NO4. The normalized spacial score (nSPS) is 10.2. The maximum absolute atomic E-state index is 11.9. The number of carbonyl (C=O) groups excluding carboxylic acids is 1. The van der Waals surface area contributed by atoms with E-state index in [9.17, 15) is 9.59 Å². The Hall–Kier alpha value is -1.60. The fourth-order valence-corrected chi connectivity index (χ4v) is 2.09. The van der Waals surface area contributed by atoms with Crippen molar-refractivity contribution in [2.45, 2.75) is 0 Å². The fraction of sp³-hybridized carbons (Fsp3) is 0. The highest BCUT2D eigenvalue weighted by atomic mass is 79.9. The molecule has 1 aromatic carbocycles. The van der Waals surface area contributed by atoms with Crippen molar-refractivity contribution in [1.29, 1.82) is 0 Å². The lowest BCUT2D eigenvalue weighted by Crippen LogP contribution is -2.14. The summed E-state index contributed by atoms with van der Waals surface area (Å²) in [5.41, 5.74) is 0.196. The summed E-state index contributed by atoms with van der Waals surface area (Å²) in [5, 5.41) is 11.6. The number of carboxylic acids is 1. The van der Waals surface area contributed by atoms with Crippen molar-refractivity contribution >= 4 is 49.4 Å². The number of carbonyl (C=O) groups is 2. The second kappa shape index (κ2) is 5.58. The molecule has 0 atom stereocenters. The van der Waals surface area contributed by atoms with Crippen LogP contribution in [-0.2, 0) is 0 Å². The van der Waals surface area contributed by atoms with Crippen molar-refractivity contribution < 1.29 is 19.1 Å². The van der Waals surface area contributed by atoms with Gasteiger partial charge < -0.3 is 14.8 Å². The molecule has 1 heterocycles. The average Bonchev–Trinajstić information content (AvgIpc) is 2.78. The van der Waals surface area contributed by atoms with Gasteiger partial charge in [0.15, 0.2) is 10.4 Å². The molecule has 0 bridgehead atoms. The van der Waals surface area contributed by atoms with Crippen molar-refractivity contribution in [2.75, 3.05) is 5.32 Å². The SMILES string of the molecule is O=C(Nc1ccc(Br)cc1C(=O)O)c1ccc(Br)o1. The summed E-state index contributed by atoms with van der Waals surface area (Å²) in [6.07, 6.45) is 0. The van der Waals surface area contributed by atoms with Gasteiger partial charge >= 0.3 is 5.97 Å². The molecule has 1 amide bonds. The number of furan rings is 1. The van der Waals surface area contributed by atoms with Gasteiger partial charge in [0.1, 0.15) is 0 Å². The molecule has 5 nitrogen and oxygen atoms in total. The molecular weight excluding hydrogens is 382 g/mol. The van der Waals surface area contributed by atoms with Gasteiger partial charge in [-0.1, -0.05) is 15.9 Å². The molecule has 0 saturated heterocycles. The molecule has 0 unspecified atom stereocenters. The summed E-state index contributed by atoms with van der Waals surface area (Å²) < 4.78 is 6.13. The molecule has 0 aliphatic rings. The van der Waals surface area contributed by atoms with Gasteiger partial charge in [-0.25, -0.2) is 4.79 Å². The molecule has 2 aromatic rings. The van der Waals surface area contributed by atoms with E-state index in [0.717, 1.165) is 0 Å². The minimum atomic E-state index is -1.13. The molecule has 0 fully saturated rings. The molecule has 0 radical (unpaired) electrons. The number of rotatable bonds is 3. The third-order valence-electron chi connectivity index (χ3n) is 2.26. The number of halogens is 2. The van der Waals surface area contributed by atoms with Gasteiger partial charge in [0.2, 0.25) is 0 Å². The Morgan fingerprint density at radius 2 is 1.89 bits per heavy atom. The third kappa shape index (κ3) is 3.24. The van der Waals surface area contributed by atoms with Crippen molar-refractivity contribution in [3.63, 3.8) is 0 Å². The van der Waals surface area contributed by atoms with Crippen LogP contribution >= 0.6 is 31.9 Å². The minimum absolute atomic E-state index is 0.00616. The van der Waals surface area contributed by atoms with Crippen LogP contribution in [-0.4, -0.2) is 17.0 Å². The van der Waals surface area contributed by atoms with Crippen molar-refractivity contribution in [3.05, 3.63) is 50.8 Å². The summed E-state index contributed by atoms with van der Waals surface area (Å²) in [6.45, 7) is 0. The summed E-state index contributed by atoms with van der Waals surface area (Å²) >= 11 is 6.26. The fourth-order valence-electron chi connectivity index (χ4n) is 1.42. The second-order valence-electron chi connectivity index (χ2n) is 3.55. The van der Waals surface area contributed by atoms with E-state index in [1.165, 1.54) is 18.2 Å². The topological polar surface area (TPSA) is 79.5 Å². The van der Waals surface area contributed by atoms with E-state index < -0.39 is 11.9 Å². The number of aromatic carboxylic acids is 1. The first kappa shape index (κ1) is 13.8. The lowest BCUT2D eigenvalue weighted by atomic mass is 10.2. The lowest BCUT2D eigenvalue weighted by Gasteiger charge is -2.07. The molecule has 1 aromatic heterocycles. The highest BCUT2D eigenvalue weighted by Crippen LogP contribution is 2.22. The lowest BCUT2D eigenvalue weighted by molar-refractivity contribution is 0.0698. The van der Waals surface area contributed by atoms with Crippen LogP contribution in [0.25, 0.3) is 0 Å². The Labute approximate surface area is 124 Å². The van der Waals surface area contributed by atoms with E-state index in [0.29, 0.717) is 9.14 Å². The van der Waals surface area contributed by atoms with Crippen LogP contribution in [0.2, 0.25) is 0 Å². The number of amides is 1. The van der Waals surface area contributed by atoms with E-state index in [4.69, 9.17) is 9.52 Å². The van der Waals surface area contributed by atoms with E-state index in [-0.39, 0.29) is 17.0 Å². The molecule has 98 valence electrons. The zero-order valence-corrected chi connectivity index (χ0v) is 12.5. The van der Waals surface area contributed by atoms with Gasteiger partial charge in [-0.05, 0) is 46.3 Å². The number of benzene rings is 1. The Balaban J connectivity index is 2.28. The van der Waals surface area contributed by atoms with E-state index >= 15 is 0 Å². The number of hydrogen-bond acceptors (Lipinski definition) is 3. The largest absolute Gasteiger partial charge is 0.478 e. The first-order chi connectivity index (χ1) is 8.97. The number of anilines is 1. The Morgan fingerprint density at radius 3 is 2.47 bits per heavy atom. The predicted molar refractivity (Wildman–Crippen MR) is 75.5 cm³/mol. The average molecular weight is 389 g/mol. The van der Waals surface area contributed by atoms with Crippen LogP contribution in [0.15, 0.2) is 43.9 Å². The van der Waals surface area contributed by atoms with E-state index in [2.05, 4.69) is 37.2 Å². The van der Waals surface area contributed by atoms with Crippen LogP contribution in [0, 0.1) is 0 Å². The molecule has 0 saturated carbocycles. The van der Waals surface area contributed by atoms with E-state index in [1.54, 1.807) is 12.1 Å². The van der Waals surface area contributed by atoms with Gasteiger partial charge in [0, 0.05) is 4.47 Å². The number of hydrogen-bond donors (Lipinski definition) is 2. The maximum Gasteiger partial charge on any atom is 0.337 e. The molecule has 2 rings (SSSR count). The molecule has 19 heavy (non-hydrogen) atoms. The standard InChI is InChI=1S/C12H7Br2NO4/c13-6-1-2-8(7(5-6)12(17)18)15-11(16)9-3-4-10(14)19-9/h1-5H,(H,15,16)(H,17,18). The van der Waals surface area contributed by atoms with Crippen LogP contribution in [0.1, 0.15) is 20.9 Å². The molecule has 0 aliphatic heterocycles. The van der Waals surface area contributed by atoms with Crippen molar-refractivity contribution in [3.8, 4) is 0 Å². The van der Waals surface area contributed by atoms with E-state index in [1.807, 2.05) is 0 Å². The maximum atomic E-state index is 11.9. The highest BCUT2D eigenvalue weighted by Gasteiger charge is 2.16. The Bertz CT molecular complexity index is 651. The monoisotopic (exact) mass is 387 g/mol. The van der Waals surface area contributed by atoms with Crippen LogP contribution in [0.5, 0.6) is 0 Å². The van der Waals surface area contributed by atoms with Gasteiger partial charge in [0.05, 0.1) is 11.3 Å². The Morgan fingerprint density at radius 1 is 1.16 bits per heavy atom. The van der Waals surface area contributed by atoms with Crippen LogP contribution in [0.4, 0.5) is 5.69 Å². The smallest absolute Gasteiger partial charge is 0.337 e. The minimum Gasteiger partial charge on any atom is -0.478 e. The summed E-state index contributed by atoms with van der Waals surface area (Å²) in [7, 11) is 0. The number of nitrogens with one attached hydrogen (secondary N) is 1. The van der Waals surface area contributed by atoms with Gasteiger partial charge in [-0.2, -0.15) is 0 Å². The zero-order valence-electron chi connectivity index (χ0n) is 9.31. The number of carboxylic acid groups (broad SMARTS) is 1. The van der Waals surface area contributed by atoms with Gasteiger partial charge in [-0.3, -0.25) is 4.79 Å². The van der Waals surface area contributed by atoms with Crippen LogP contribution < -0.4 is 5.32 Å². The molecule has 7 heteroatoms. The van der Waals surface area contributed by atoms with Crippen molar-refractivity contribution in [1.82, 2.24) is 0 Å². The summed E-state index contributed by atoms with van der Waals surface area (Å²) in [5.74, 6) is -1.56. The van der Waals surface area contributed by atoms with Crippen molar-refractivity contribution in [2.24, 2.45) is 0 Å². The first-order valence-electron chi connectivity index (χ1n) is 5.07. The third-order valence-corrected chi connectivity index (χ3v) is 3.18. The molecule has 0 spiro atoms. The first-order valence-corrected chi connectivity index (χ1v) is 6.65. The highest BCUT2D eigenvalue weighted by molar-refractivity contribution is 9.10.